The summed E-state index contributed by atoms with van der Waals surface area (Å²) >= 11 is 0. The van der Waals surface area contributed by atoms with Crippen molar-refractivity contribution in [1.29, 1.82) is 0 Å². The van der Waals surface area contributed by atoms with Crippen LogP contribution in [0, 0.1) is 5.41 Å². The second-order valence-corrected chi connectivity index (χ2v) is 8.55. The molecule has 0 bridgehead atoms. The number of carbonyl (C=O) groups excluding carboxylic acids is 2. The monoisotopic (exact) mass is 382 g/mol. The summed E-state index contributed by atoms with van der Waals surface area (Å²) in [6, 6.07) is 3.76. The molecule has 5 heteroatoms. The Labute approximate surface area is 167 Å². The fourth-order valence-corrected chi connectivity index (χ4v) is 4.19. The van der Waals surface area contributed by atoms with E-state index in [4.69, 9.17) is 4.74 Å². The molecule has 2 aliphatic rings. The highest BCUT2D eigenvalue weighted by Gasteiger charge is 2.43. The maximum atomic E-state index is 13.1. The molecule has 1 atom stereocenters. The van der Waals surface area contributed by atoms with Gasteiger partial charge in [-0.2, -0.15) is 0 Å². The van der Waals surface area contributed by atoms with Crippen LogP contribution < -0.4 is 5.32 Å². The number of hydrogen-bond donors (Lipinski definition) is 1. The molecule has 28 heavy (non-hydrogen) atoms. The SMILES string of the molecule is CCCCCOC(=O)C1=C(C)NC2=C(C(=O)CC(C)(C)C2)[C@@H]1c1ccncc1. The Kier molecular flexibility index (Phi) is 6.01. The van der Waals surface area contributed by atoms with Crippen LogP contribution in [0.1, 0.15) is 71.3 Å². The minimum Gasteiger partial charge on any atom is -0.462 e. The Balaban J connectivity index is 1.99. The van der Waals surface area contributed by atoms with E-state index in [1.807, 2.05) is 19.1 Å². The molecule has 5 nitrogen and oxygen atoms in total. The van der Waals surface area contributed by atoms with Gasteiger partial charge in [-0.15, -0.1) is 0 Å². The number of nitrogens with one attached hydrogen (secondary N) is 1. The van der Waals surface area contributed by atoms with Gasteiger partial charge in [0.15, 0.2) is 5.78 Å². The number of esters is 1. The Morgan fingerprint density at radius 1 is 1.25 bits per heavy atom. The standard InChI is InChI=1S/C23H30N2O3/c1-5-6-7-12-28-22(27)19-15(2)25-17-13-23(3,4)14-18(26)21(17)20(19)16-8-10-24-11-9-16/h8-11,20,25H,5-7,12-14H2,1-4H3/t20-/m1/s1. The molecule has 3 rings (SSSR count). The average Bonchev–Trinajstić information content (AvgIpc) is 2.63. The van der Waals surface area contributed by atoms with Gasteiger partial charge in [-0.05, 0) is 42.9 Å². The first-order valence-corrected chi connectivity index (χ1v) is 10.1. The third kappa shape index (κ3) is 4.18. The van der Waals surface area contributed by atoms with E-state index in [-0.39, 0.29) is 17.2 Å². The number of aromatic nitrogens is 1. The maximum absolute atomic E-state index is 13.1. The first-order chi connectivity index (χ1) is 13.3. The van der Waals surface area contributed by atoms with Crippen molar-refractivity contribution in [2.75, 3.05) is 6.61 Å². The molecule has 1 N–H and O–H groups in total. The predicted molar refractivity (Wildman–Crippen MR) is 108 cm³/mol. The number of allylic oxidation sites excluding steroid dienone is 3. The maximum Gasteiger partial charge on any atom is 0.336 e. The molecular formula is C23H30N2O3. The summed E-state index contributed by atoms with van der Waals surface area (Å²) in [7, 11) is 0. The molecule has 0 spiro atoms. The smallest absolute Gasteiger partial charge is 0.336 e. The molecule has 0 unspecified atom stereocenters. The number of ether oxygens (including phenoxy) is 1. The van der Waals surface area contributed by atoms with E-state index in [0.717, 1.165) is 42.6 Å². The van der Waals surface area contributed by atoms with Crippen molar-refractivity contribution in [2.45, 2.75) is 65.7 Å². The van der Waals surface area contributed by atoms with Gasteiger partial charge in [0, 0.05) is 41.7 Å². The fraction of sp³-hybridized carbons (Fsp3) is 0.522. The average molecular weight is 383 g/mol. The van der Waals surface area contributed by atoms with E-state index in [2.05, 4.69) is 31.1 Å². The molecule has 1 aliphatic carbocycles. The molecule has 0 saturated heterocycles. The molecule has 1 aliphatic heterocycles. The summed E-state index contributed by atoms with van der Waals surface area (Å²) in [4.78, 5) is 30.2. The number of Topliss-reactive ketones (excluding diaryl/α,β-unsaturated/α-hetero) is 1. The number of hydrogen-bond acceptors (Lipinski definition) is 5. The minimum atomic E-state index is -0.401. The van der Waals surface area contributed by atoms with Crippen molar-refractivity contribution in [1.82, 2.24) is 10.3 Å². The highest BCUT2D eigenvalue weighted by atomic mass is 16.5. The van der Waals surface area contributed by atoms with Crippen molar-refractivity contribution in [3.63, 3.8) is 0 Å². The zero-order valence-electron chi connectivity index (χ0n) is 17.3. The lowest BCUT2D eigenvalue weighted by atomic mass is 9.68. The number of unbranched alkanes of at least 4 members (excludes halogenated alkanes) is 2. The van der Waals surface area contributed by atoms with E-state index in [1.54, 1.807) is 12.4 Å². The second kappa shape index (κ2) is 8.29. The van der Waals surface area contributed by atoms with Crippen LogP contribution in [0.5, 0.6) is 0 Å². The van der Waals surface area contributed by atoms with Crippen LogP contribution >= 0.6 is 0 Å². The van der Waals surface area contributed by atoms with Crippen molar-refractivity contribution in [2.24, 2.45) is 5.41 Å². The summed E-state index contributed by atoms with van der Waals surface area (Å²) < 4.78 is 5.58. The normalized spacial score (nSPS) is 21.3. The van der Waals surface area contributed by atoms with E-state index in [1.165, 1.54) is 0 Å². The highest BCUT2D eigenvalue weighted by molar-refractivity contribution is 6.04. The summed E-state index contributed by atoms with van der Waals surface area (Å²) in [6.07, 6.45) is 7.62. The third-order valence-corrected chi connectivity index (χ3v) is 5.48. The Hall–Kier alpha value is -2.43. The van der Waals surface area contributed by atoms with Gasteiger partial charge in [0.05, 0.1) is 12.2 Å². The van der Waals surface area contributed by atoms with Crippen molar-refractivity contribution < 1.29 is 14.3 Å². The first-order valence-electron chi connectivity index (χ1n) is 10.1. The van der Waals surface area contributed by atoms with Crippen LogP contribution in [-0.4, -0.2) is 23.3 Å². The lowest BCUT2D eigenvalue weighted by molar-refractivity contribution is -0.139. The first kappa shape index (κ1) is 20.3. The molecule has 1 aromatic rings. The zero-order valence-corrected chi connectivity index (χ0v) is 17.3. The lowest BCUT2D eigenvalue weighted by Crippen LogP contribution is -2.38. The van der Waals surface area contributed by atoms with Crippen molar-refractivity contribution in [3.8, 4) is 0 Å². The summed E-state index contributed by atoms with van der Waals surface area (Å²) in [5.74, 6) is -0.641. The zero-order chi connectivity index (χ0) is 20.3. The molecule has 0 aromatic carbocycles. The molecule has 150 valence electrons. The number of nitrogens with zero attached hydrogens (tertiary/aromatic N) is 1. The van der Waals surface area contributed by atoms with Gasteiger partial charge < -0.3 is 10.1 Å². The van der Waals surface area contributed by atoms with Crippen LogP contribution in [0.4, 0.5) is 0 Å². The minimum absolute atomic E-state index is 0.0931. The van der Waals surface area contributed by atoms with Crippen LogP contribution in [-0.2, 0) is 14.3 Å². The third-order valence-electron chi connectivity index (χ3n) is 5.48. The molecule has 0 fully saturated rings. The van der Waals surface area contributed by atoms with E-state index < -0.39 is 5.92 Å². The largest absolute Gasteiger partial charge is 0.462 e. The van der Waals surface area contributed by atoms with Gasteiger partial charge in [-0.1, -0.05) is 33.6 Å². The van der Waals surface area contributed by atoms with Crippen LogP contribution in [0.25, 0.3) is 0 Å². The Morgan fingerprint density at radius 3 is 2.64 bits per heavy atom. The van der Waals surface area contributed by atoms with E-state index in [9.17, 15) is 9.59 Å². The summed E-state index contributed by atoms with van der Waals surface area (Å²) in [5.41, 5.74) is 3.75. The molecule has 0 saturated carbocycles. The van der Waals surface area contributed by atoms with Crippen molar-refractivity contribution >= 4 is 11.8 Å². The topological polar surface area (TPSA) is 68.3 Å². The Morgan fingerprint density at radius 2 is 1.96 bits per heavy atom. The van der Waals surface area contributed by atoms with Crippen LogP contribution in [0.3, 0.4) is 0 Å². The fourth-order valence-electron chi connectivity index (χ4n) is 4.19. The van der Waals surface area contributed by atoms with Gasteiger partial charge in [-0.3, -0.25) is 9.78 Å². The van der Waals surface area contributed by atoms with Crippen molar-refractivity contribution in [3.05, 3.63) is 52.6 Å². The quantitative estimate of drug-likeness (QED) is 0.583. The number of carbonyl (C=O) groups is 2. The van der Waals surface area contributed by atoms with Crippen LogP contribution in [0.15, 0.2) is 47.1 Å². The summed E-state index contributed by atoms with van der Waals surface area (Å²) in [6.45, 7) is 8.62. The molecular weight excluding hydrogens is 352 g/mol. The highest BCUT2D eigenvalue weighted by Crippen LogP contribution is 2.46. The molecule has 0 amide bonds. The number of pyridine rings is 1. The van der Waals surface area contributed by atoms with E-state index in [0.29, 0.717) is 24.2 Å². The van der Waals surface area contributed by atoms with Gasteiger partial charge in [-0.25, -0.2) is 4.79 Å². The lowest BCUT2D eigenvalue weighted by Gasteiger charge is -2.39. The molecule has 1 aromatic heterocycles. The number of dihydropyridines is 1. The second-order valence-electron chi connectivity index (χ2n) is 8.55. The molecule has 0 radical (unpaired) electrons. The van der Waals surface area contributed by atoms with Gasteiger partial charge >= 0.3 is 5.97 Å². The Bertz CT molecular complexity index is 822. The van der Waals surface area contributed by atoms with Gasteiger partial charge in [0.1, 0.15) is 0 Å². The summed E-state index contributed by atoms with van der Waals surface area (Å²) in [5, 5.41) is 3.36. The molecule has 2 heterocycles. The van der Waals surface area contributed by atoms with Gasteiger partial charge in [0.2, 0.25) is 0 Å². The van der Waals surface area contributed by atoms with E-state index >= 15 is 0 Å². The predicted octanol–water partition coefficient (Wildman–Crippen LogP) is 4.42. The van der Waals surface area contributed by atoms with Crippen LogP contribution in [0.2, 0.25) is 0 Å². The van der Waals surface area contributed by atoms with Gasteiger partial charge in [0.25, 0.3) is 0 Å². The number of ketones is 1. The number of rotatable bonds is 6.